The molecule has 0 atom stereocenters. The van der Waals surface area contributed by atoms with Crippen LogP contribution in [0.3, 0.4) is 0 Å². The minimum atomic E-state index is -1.36. The van der Waals surface area contributed by atoms with Crippen LogP contribution in [-0.2, 0) is 0 Å². The molecule has 4 heteroatoms. The van der Waals surface area contributed by atoms with E-state index in [2.05, 4.69) is 0 Å². The van der Waals surface area contributed by atoms with Crippen LogP contribution in [-0.4, -0.2) is 34.8 Å². The molecule has 1 aromatic rings. The zero-order valence-electron chi connectivity index (χ0n) is 10.1. The fourth-order valence-electron chi connectivity index (χ4n) is 1.31. The van der Waals surface area contributed by atoms with Crippen molar-refractivity contribution in [3.05, 3.63) is 29.8 Å². The molecule has 0 bridgehead atoms. The van der Waals surface area contributed by atoms with Crippen molar-refractivity contribution in [2.75, 3.05) is 13.2 Å². The lowest BCUT2D eigenvalue weighted by Crippen LogP contribution is -2.30. The number of ether oxygens (including phenoxy) is 1. The van der Waals surface area contributed by atoms with Gasteiger partial charge in [0.05, 0.1) is 6.61 Å². The predicted octanol–water partition coefficient (Wildman–Crippen LogP) is 1.40. The summed E-state index contributed by atoms with van der Waals surface area (Å²) >= 11 is 0. The maximum absolute atomic E-state index is 11.7. The monoisotopic (exact) mass is 238 g/mol. The highest BCUT2D eigenvalue weighted by atomic mass is 16.5. The van der Waals surface area contributed by atoms with Crippen molar-refractivity contribution in [1.29, 1.82) is 0 Å². The van der Waals surface area contributed by atoms with Gasteiger partial charge < -0.3 is 14.9 Å². The van der Waals surface area contributed by atoms with E-state index >= 15 is 0 Å². The van der Waals surface area contributed by atoms with E-state index < -0.39 is 5.60 Å². The summed E-state index contributed by atoms with van der Waals surface area (Å²) < 4.78 is 5.33. The van der Waals surface area contributed by atoms with E-state index in [1.165, 1.54) is 13.8 Å². The first kappa shape index (κ1) is 13.7. The summed E-state index contributed by atoms with van der Waals surface area (Å²) in [5.74, 6) is 0.324. The number of hydrogen-bond acceptors (Lipinski definition) is 4. The Morgan fingerprint density at radius 2 is 1.88 bits per heavy atom. The third kappa shape index (κ3) is 4.17. The van der Waals surface area contributed by atoms with Crippen molar-refractivity contribution in [1.82, 2.24) is 0 Å². The average Bonchev–Trinajstić information content (AvgIpc) is 2.28. The van der Waals surface area contributed by atoms with E-state index in [1.54, 1.807) is 24.3 Å². The van der Waals surface area contributed by atoms with E-state index in [1.807, 2.05) is 0 Å². The number of carbonyl (C=O) groups excluding carboxylic acids is 1. The Bertz CT molecular complexity index is 362. The molecule has 0 unspecified atom stereocenters. The molecule has 0 saturated carbocycles. The summed E-state index contributed by atoms with van der Waals surface area (Å²) in [6, 6.07) is 6.59. The Hall–Kier alpha value is -1.39. The quantitative estimate of drug-likeness (QED) is 0.580. The first-order chi connectivity index (χ1) is 7.95. The van der Waals surface area contributed by atoms with E-state index in [0.717, 1.165) is 0 Å². The number of Topliss-reactive ketones (excluding diaryl/α,β-unsaturated/α-hetero) is 1. The highest BCUT2D eigenvalue weighted by Crippen LogP contribution is 2.17. The smallest absolute Gasteiger partial charge is 0.193 e. The van der Waals surface area contributed by atoms with Crippen LogP contribution in [0.4, 0.5) is 0 Å². The zero-order chi connectivity index (χ0) is 12.9. The number of aliphatic hydroxyl groups is 2. The first-order valence-corrected chi connectivity index (χ1v) is 5.56. The van der Waals surface area contributed by atoms with Crippen LogP contribution >= 0.6 is 0 Å². The zero-order valence-corrected chi connectivity index (χ0v) is 10.1. The summed E-state index contributed by atoms with van der Waals surface area (Å²) in [7, 11) is 0. The lowest BCUT2D eigenvalue weighted by Gasteiger charge is -2.15. The van der Waals surface area contributed by atoms with Gasteiger partial charge in [0.25, 0.3) is 0 Å². The molecule has 17 heavy (non-hydrogen) atoms. The fraction of sp³-hybridized carbons (Fsp3) is 0.462. The average molecular weight is 238 g/mol. The Labute approximate surface area is 101 Å². The van der Waals surface area contributed by atoms with Gasteiger partial charge in [-0.1, -0.05) is 0 Å². The molecule has 0 amide bonds. The molecule has 0 spiro atoms. The molecule has 0 aliphatic heterocycles. The Balaban J connectivity index is 2.65. The standard InChI is InChI=1S/C13H18O4/c1-13(2,16)12(15)10-4-6-11(7-5-10)17-9-3-8-14/h4-7,14,16H,3,8-9H2,1-2H3. The minimum Gasteiger partial charge on any atom is -0.494 e. The van der Waals surface area contributed by atoms with Crippen LogP contribution in [0.15, 0.2) is 24.3 Å². The highest BCUT2D eigenvalue weighted by Gasteiger charge is 2.24. The first-order valence-electron chi connectivity index (χ1n) is 5.56. The van der Waals surface area contributed by atoms with Crippen molar-refractivity contribution in [3.8, 4) is 5.75 Å². The van der Waals surface area contributed by atoms with Gasteiger partial charge in [0.15, 0.2) is 5.78 Å². The lowest BCUT2D eigenvalue weighted by molar-refractivity contribution is 0.0488. The number of aliphatic hydroxyl groups excluding tert-OH is 1. The van der Waals surface area contributed by atoms with Crippen LogP contribution in [0.2, 0.25) is 0 Å². The highest BCUT2D eigenvalue weighted by molar-refractivity contribution is 6.01. The number of rotatable bonds is 6. The van der Waals surface area contributed by atoms with Gasteiger partial charge in [0.2, 0.25) is 0 Å². The molecular weight excluding hydrogens is 220 g/mol. The molecule has 0 saturated heterocycles. The number of ketones is 1. The molecule has 2 N–H and O–H groups in total. The van der Waals surface area contributed by atoms with Crippen molar-refractivity contribution in [3.63, 3.8) is 0 Å². The maximum Gasteiger partial charge on any atom is 0.193 e. The third-order valence-electron chi connectivity index (χ3n) is 2.24. The van der Waals surface area contributed by atoms with E-state index in [4.69, 9.17) is 9.84 Å². The largest absolute Gasteiger partial charge is 0.494 e. The maximum atomic E-state index is 11.7. The summed E-state index contributed by atoms with van der Waals surface area (Å²) in [5.41, 5.74) is -0.911. The molecule has 0 radical (unpaired) electrons. The molecule has 0 aliphatic carbocycles. The van der Waals surface area contributed by atoms with Gasteiger partial charge in [-0.3, -0.25) is 4.79 Å². The summed E-state index contributed by atoms with van der Waals surface area (Å²) in [6.07, 6.45) is 0.574. The fourth-order valence-corrected chi connectivity index (χ4v) is 1.31. The summed E-state index contributed by atoms with van der Waals surface area (Å²) in [4.78, 5) is 11.7. The van der Waals surface area contributed by atoms with Gasteiger partial charge in [-0.15, -0.1) is 0 Å². The van der Waals surface area contributed by atoms with Crippen molar-refractivity contribution >= 4 is 5.78 Å². The van der Waals surface area contributed by atoms with E-state index in [-0.39, 0.29) is 12.4 Å². The van der Waals surface area contributed by atoms with Gasteiger partial charge in [-0.2, -0.15) is 0 Å². The molecular formula is C13H18O4. The molecule has 94 valence electrons. The van der Waals surface area contributed by atoms with Crippen LogP contribution in [0, 0.1) is 0 Å². The van der Waals surface area contributed by atoms with Crippen LogP contribution < -0.4 is 4.74 Å². The predicted molar refractivity (Wildman–Crippen MR) is 64.3 cm³/mol. The second-order valence-corrected chi connectivity index (χ2v) is 4.34. The Kier molecular flexibility index (Phi) is 4.66. The molecule has 4 nitrogen and oxygen atoms in total. The molecule has 0 aromatic heterocycles. The molecule has 0 heterocycles. The number of benzene rings is 1. The molecule has 1 rings (SSSR count). The minimum absolute atomic E-state index is 0.0925. The Morgan fingerprint density at radius 1 is 1.29 bits per heavy atom. The van der Waals surface area contributed by atoms with Gasteiger partial charge in [0.1, 0.15) is 11.4 Å². The second-order valence-electron chi connectivity index (χ2n) is 4.34. The van der Waals surface area contributed by atoms with Crippen LogP contribution in [0.25, 0.3) is 0 Å². The van der Waals surface area contributed by atoms with Crippen LogP contribution in [0.5, 0.6) is 5.75 Å². The van der Waals surface area contributed by atoms with Gasteiger partial charge in [-0.25, -0.2) is 0 Å². The van der Waals surface area contributed by atoms with Crippen molar-refractivity contribution in [2.24, 2.45) is 0 Å². The van der Waals surface area contributed by atoms with Gasteiger partial charge in [0, 0.05) is 18.6 Å². The number of carbonyl (C=O) groups is 1. The topological polar surface area (TPSA) is 66.8 Å². The summed E-state index contributed by atoms with van der Waals surface area (Å²) in [6.45, 7) is 3.45. The van der Waals surface area contributed by atoms with Crippen molar-refractivity contribution in [2.45, 2.75) is 25.9 Å². The van der Waals surface area contributed by atoms with Crippen LogP contribution in [0.1, 0.15) is 30.6 Å². The van der Waals surface area contributed by atoms with Gasteiger partial charge in [-0.05, 0) is 38.1 Å². The normalized spacial score (nSPS) is 11.3. The second kappa shape index (κ2) is 5.80. The lowest BCUT2D eigenvalue weighted by atomic mass is 9.97. The SMILES string of the molecule is CC(C)(O)C(=O)c1ccc(OCCCO)cc1. The molecule has 0 aliphatic rings. The summed E-state index contributed by atoms with van der Waals surface area (Å²) in [5, 5.41) is 18.2. The van der Waals surface area contributed by atoms with E-state index in [9.17, 15) is 9.90 Å². The Morgan fingerprint density at radius 3 is 2.35 bits per heavy atom. The van der Waals surface area contributed by atoms with E-state index in [0.29, 0.717) is 24.3 Å². The van der Waals surface area contributed by atoms with Gasteiger partial charge >= 0.3 is 0 Å². The van der Waals surface area contributed by atoms with Crippen molar-refractivity contribution < 1.29 is 19.7 Å². The third-order valence-corrected chi connectivity index (χ3v) is 2.24. The molecule has 1 aromatic carbocycles. The number of hydrogen-bond donors (Lipinski definition) is 2. The molecule has 0 fully saturated rings.